The van der Waals surface area contributed by atoms with E-state index in [2.05, 4.69) is 16.8 Å². The minimum absolute atomic E-state index is 0.226. The number of nitrogens with zero attached hydrogens (tertiary/aromatic N) is 5. The van der Waals surface area contributed by atoms with Gasteiger partial charge in [0.15, 0.2) is 0 Å². The smallest absolute Gasteiger partial charge is 0.409 e. The zero-order valence-corrected chi connectivity index (χ0v) is 19.1. The van der Waals surface area contributed by atoms with Gasteiger partial charge >= 0.3 is 6.09 Å². The van der Waals surface area contributed by atoms with Crippen LogP contribution in [0.1, 0.15) is 49.9 Å². The van der Waals surface area contributed by atoms with Crippen molar-refractivity contribution in [1.82, 2.24) is 19.9 Å². The number of pyridine rings is 1. The van der Waals surface area contributed by atoms with E-state index in [1.54, 1.807) is 22.6 Å². The summed E-state index contributed by atoms with van der Waals surface area (Å²) in [5, 5.41) is 1.25. The third-order valence-corrected chi connectivity index (χ3v) is 7.48. The van der Waals surface area contributed by atoms with Crippen molar-refractivity contribution in [2.24, 2.45) is 0 Å². The van der Waals surface area contributed by atoms with Gasteiger partial charge < -0.3 is 14.5 Å². The van der Waals surface area contributed by atoms with Crippen LogP contribution in [0.3, 0.4) is 0 Å². The van der Waals surface area contributed by atoms with E-state index >= 15 is 0 Å². The summed E-state index contributed by atoms with van der Waals surface area (Å²) in [6, 6.07) is 0. The lowest BCUT2D eigenvalue weighted by atomic mass is 10.0. The largest absolute Gasteiger partial charge is 0.450 e. The molecule has 0 atom stereocenters. The lowest BCUT2D eigenvalue weighted by Gasteiger charge is -2.34. The van der Waals surface area contributed by atoms with Gasteiger partial charge in [-0.1, -0.05) is 13.3 Å². The Hall–Kier alpha value is -2.48. The number of amides is 1. The highest BCUT2D eigenvalue weighted by Gasteiger charge is 2.27. The molecule has 5 rings (SSSR count). The second kappa shape index (κ2) is 8.57. The van der Waals surface area contributed by atoms with E-state index in [4.69, 9.17) is 14.7 Å². The maximum Gasteiger partial charge on any atom is 0.409 e. The summed E-state index contributed by atoms with van der Waals surface area (Å²) < 4.78 is 6.27. The molecule has 1 amide bonds. The van der Waals surface area contributed by atoms with Crippen LogP contribution in [0.4, 0.5) is 10.6 Å². The molecule has 0 spiro atoms. The molecule has 3 aromatic heterocycles. The fourth-order valence-corrected chi connectivity index (χ4v) is 6.05. The van der Waals surface area contributed by atoms with Crippen LogP contribution in [-0.2, 0) is 24.0 Å². The van der Waals surface area contributed by atoms with Crippen molar-refractivity contribution < 1.29 is 9.53 Å². The van der Waals surface area contributed by atoms with Gasteiger partial charge in [0.2, 0.25) is 0 Å². The summed E-state index contributed by atoms with van der Waals surface area (Å²) in [6.07, 6.45) is 8.38. The number of rotatable bonds is 5. The van der Waals surface area contributed by atoms with Crippen LogP contribution in [-0.4, -0.2) is 58.7 Å². The van der Waals surface area contributed by atoms with Crippen molar-refractivity contribution >= 4 is 43.7 Å². The van der Waals surface area contributed by atoms with E-state index in [1.807, 2.05) is 6.92 Å². The van der Waals surface area contributed by atoms with E-state index < -0.39 is 0 Å². The molecule has 8 heteroatoms. The molecule has 7 nitrogen and oxygen atoms in total. The van der Waals surface area contributed by atoms with E-state index in [1.165, 1.54) is 41.5 Å². The Morgan fingerprint density at radius 3 is 2.71 bits per heavy atom. The topological polar surface area (TPSA) is 71.5 Å². The molecule has 0 aromatic carbocycles. The Labute approximate surface area is 186 Å². The lowest BCUT2D eigenvalue weighted by molar-refractivity contribution is 0.105. The van der Waals surface area contributed by atoms with Gasteiger partial charge in [0, 0.05) is 37.3 Å². The van der Waals surface area contributed by atoms with Crippen LogP contribution >= 0.6 is 11.3 Å². The highest BCUT2D eigenvalue weighted by Crippen LogP contribution is 2.42. The van der Waals surface area contributed by atoms with Gasteiger partial charge in [-0.3, -0.25) is 0 Å². The number of aryl methyl sites for hydroxylation is 2. The summed E-state index contributed by atoms with van der Waals surface area (Å²) >= 11 is 1.73. The number of ether oxygens (including phenoxy) is 1. The average Bonchev–Trinajstić information content (AvgIpc) is 3.42. The fourth-order valence-electron chi connectivity index (χ4n) is 4.86. The van der Waals surface area contributed by atoms with Gasteiger partial charge in [0.1, 0.15) is 17.0 Å². The predicted molar refractivity (Wildman–Crippen MR) is 124 cm³/mol. The Kier molecular flexibility index (Phi) is 5.65. The number of piperazine rings is 1. The van der Waals surface area contributed by atoms with Crippen molar-refractivity contribution in [2.45, 2.75) is 52.4 Å². The Morgan fingerprint density at radius 2 is 1.94 bits per heavy atom. The van der Waals surface area contributed by atoms with Crippen molar-refractivity contribution in [3.05, 3.63) is 23.1 Å². The highest BCUT2D eigenvalue weighted by molar-refractivity contribution is 7.26. The first-order valence-electron chi connectivity index (χ1n) is 11.5. The van der Waals surface area contributed by atoms with Crippen LogP contribution in [0.5, 0.6) is 0 Å². The van der Waals surface area contributed by atoms with Crippen molar-refractivity contribution in [2.75, 3.05) is 37.7 Å². The summed E-state index contributed by atoms with van der Waals surface area (Å²) in [5.41, 5.74) is 5.29. The van der Waals surface area contributed by atoms with E-state index in [0.29, 0.717) is 19.7 Å². The van der Waals surface area contributed by atoms with Crippen LogP contribution < -0.4 is 4.90 Å². The standard InChI is InChI=1S/C23H29N5O2S/c1-3-5-9-17-15-7-6-8-16(15)18-19-20(31-22(18)26-17)21(25-14-24-19)27-10-12-28(13-11-27)23(29)30-4-2/h14H,3-13H2,1-2H3. The normalized spacial score (nSPS) is 16.3. The number of hydrogen-bond donors (Lipinski definition) is 0. The fraction of sp³-hybridized carbons (Fsp3) is 0.565. The molecule has 0 unspecified atom stereocenters. The molecule has 0 radical (unpaired) electrons. The number of unbranched alkanes of at least 4 members (excludes halogenated alkanes) is 1. The second-order valence-electron chi connectivity index (χ2n) is 8.30. The molecule has 0 bridgehead atoms. The number of thiophene rings is 1. The van der Waals surface area contributed by atoms with Gasteiger partial charge in [-0.2, -0.15) is 0 Å². The van der Waals surface area contributed by atoms with Crippen molar-refractivity contribution in [3.63, 3.8) is 0 Å². The summed E-state index contributed by atoms with van der Waals surface area (Å²) in [4.78, 5) is 31.7. The number of carbonyl (C=O) groups excluding carboxylic acids is 1. The quantitative estimate of drug-likeness (QED) is 0.589. The maximum atomic E-state index is 12.0. The third-order valence-electron chi connectivity index (χ3n) is 6.41. The summed E-state index contributed by atoms with van der Waals surface area (Å²) in [6.45, 7) is 7.26. The Balaban J connectivity index is 1.51. The molecule has 0 N–H and O–H groups in total. The molecule has 0 saturated carbocycles. The highest BCUT2D eigenvalue weighted by atomic mass is 32.1. The molecule has 1 aliphatic carbocycles. The molecule has 1 aliphatic heterocycles. The van der Waals surface area contributed by atoms with Gasteiger partial charge in [-0.25, -0.2) is 19.7 Å². The molecule has 1 fully saturated rings. The maximum absolute atomic E-state index is 12.0. The monoisotopic (exact) mass is 439 g/mol. The number of hydrogen-bond acceptors (Lipinski definition) is 7. The lowest BCUT2D eigenvalue weighted by Crippen LogP contribution is -2.49. The predicted octanol–water partition coefficient (Wildman–Crippen LogP) is 4.35. The van der Waals surface area contributed by atoms with Crippen molar-refractivity contribution in [3.8, 4) is 0 Å². The Bertz CT molecular complexity index is 1120. The minimum Gasteiger partial charge on any atom is -0.450 e. The molecule has 1 saturated heterocycles. The van der Waals surface area contributed by atoms with Crippen LogP contribution in [0.2, 0.25) is 0 Å². The van der Waals surface area contributed by atoms with Gasteiger partial charge in [-0.15, -0.1) is 11.3 Å². The number of fused-ring (bicyclic) bond motifs is 5. The molecular formula is C23H29N5O2S. The first-order chi connectivity index (χ1) is 15.2. The molecule has 3 aromatic rings. The van der Waals surface area contributed by atoms with Gasteiger partial charge in [-0.05, 0) is 50.2 Å². The van der Waals surface area contributed by atoms with Crippen LogP contribution in [0, 0.1) is 0 Å². The van der Waals surface area contributed by atoms with Crippen LogP contribution in [0.25, 0.3) is 20.4 Å². The molecular weight excluding hydrogens is 410 g/mol. The SMILES string of the molecule is CCCCc1nc2sc3c(N4CCN(C(=O)OCC)CC4)ncnc3c2c2c1CCC2. The molecule has 31 heavy (non-hydrogen) atoms. The number of aromatic nitrogens is 3. The Morgan fingerprint density at radius 1 is 1.13 bits per heavy atom. The summed E-state index contributed by atoms with van der Waals surface area (Å²) in [5.74, 6) is 0.971. The summed E-state index contributed by atoms with van der Waals surface area (Å²) in [7, 11) is 0. The van der Waals surface area contributed by atoms with Gasteiger partial charge in [0.05, 0.1) is 16.8 Å². The molecule has 164 valence electrons. The van der Waals surface area contributed by atoms with E-state index in [9.17, 15) is 4.79 Å². The zero-order chi connectivity index (χ0) is 21.4. The van der Waals surface area contributed by atoms with Crippen molar-refractivity contribution in [1.29, 1.82) is 0 Å². The third kappa shape index (κ3) is 3.60. The minimum atomic E-state index is -0.226. The molecule has 4 heterocycles. The average molecular weight is 440 g/mol. The first-order valence-corrected chi connectivity index (χ1v) is 12.3. The molecule has 2 aliphatic rings. The van der Waals surface area contributed by atoms with E-state index in [0.717, 1.165) is 53.2 Å². The number of carbonyl (C=O) groups is 1. The number of anilines is 1. The first kappa shape index (κ1) is 20.4. The van der Waals surface area contributed by atoms with Crippen LogP contribution in [0.15, 0.2) is 6.33 Å². The zero-order valence-electron chi connectivity index (χ0n) is 18.3. The van der Waals surface area contributed by atoms with E-state index in [-0.39, 0.29) is 6.09 Å². The van der Waals surface area contributed by atoms with Gasteiger partial charge in [0.25, 0.3) is 0 Å². The second-order valence-corrected chi connectivity index (χ2v) is 9.30.